The summed E-state index contributed by atoms with van der Waals surface area (Å²) in [5.74, 6) is -16.3. The first-order valence-electron chi connectivity index (χ1n) is 4.97. The Morgan fingerprint density at radius 2 is 1.15 bits per heavy atom. The predicted octanol–water partition coefficient (Wildman–Crippen LogP) is 4.45. The van der Waals surface area contributed by atoms with Gasteiger partial charge in [0.1, 0.15) is 5.82 Å². The fraction of sp³-hybridized carbons (Fsp3) is 0. The molecule has 1 nitrogen and oxygen atoms in total. The van der Waals surface area contributed by atoms with Crippen molar-refractivity contribution in [3.05, 3.63) is 58.9 Å². The third kappa shape index (κ3) is 2.28. The standard InChI is InChI=1S/C12H3F7O/c13-4-1-2-6(5(14)3-4)20-12-10(18)8(16)7(15)9(17)11(12)19/h1-3H. The van der Waals surface area contributed by atoms with E-state index >= 15 is 0 Å². The fourth-order valence-electron chi connectivity index (χ4n) is 1.34. The molecule has 0 saturated carbocycles. The Kier molecular flexibility index (Phi) is 3.56. The zero-order valence-corrected chi connectivity index (χ0v) is 9.29. The van der Waals surface area contributed by atoms with Crippen LogP contribution in [0.4, 0.5) is 30.7 Å². The van der Waals surface area contributed by atoms with E-state index in [1.165, 1.54) is 0 Å². The molecule has 106 valence electrons. The van der Waals surface area contributed by atoms with Crippen molar-refractivity contribution in [2.75, 3.05) is 0 Å². The highest BCUT2D eigenvalue weighted by Crippen LogP contribution is 2.33. The minimum atomic E-state index is -2.37. The molecule has 0 atom stereocenters. The summed E-state index contributed by atoms with van der Waals surface area (Å²) in [6.07, 6.45) is 0. The van der Waals surface area contributed by atoms with Crippen LogP contribution in [-0.4, -0.2) is 0 Å². The van der Waals surface area contributed by atoms with Crippen molar-refractivity contribution in [2.24, 2.45) is 0 Å². The first-order valence-corrected chi connectivity index (χ1v) is 4.97. The number of ether oxygens (including phenoxy) is 1. The van der Waals surface area contributed by atoms with Gasteiger partial charge >= 0.3 is 0 Å². The molecule has 2 rings (SSSR count). The number of benzene rings is 2. The van der Waals surface area contributed by atoms with Crippen LogP contribution in [-0.2, 0) is 0 Å². The molecule has 0 amide bonds. The molecule has 2 aromatic rings. The molecular weight excluding hydrogens is 293 g/mol. The van der Waals surface area contributed by atoms with Crippen molar-refractivity contribution in [3.8, 4) is 11.5 Å². The molecule has 2 aromatic carbocycles. The maximum Gasteiger partial charge on any atom is 0.207 e. The topological polar surface area (TPSA) is 9.23 Å². The third-order valence-corrected chi connectivity index (χ3v) is 2.28. The van der Waals surface area contributed by atoms with Gasteiger partial charge in [0.2, 0.25) is 34.8 Å². The van der Waals surface area contributed by atoms with Crippen molar-refractivity contribution >= 4 is 0 Å². The average molecular weight is 296 g/mol. The Balaban J connectivity index is 2.54. The van der Waals surface area contributed by atoms with Gasteiger partial charge in [0, 0.05) is 6.07 Å². The molecule has 0 bridgehead atoms. The summed E-state index contributed by atoms with van der Waals surface area (Å²) in [6, 6.07) is 1.65. The molecular formula is C12H3F7O. The summed E-state index contributed by atoms with van der Waals surface area (Å²) >= 11 is 0. The predicted molar refractivity (Wildman–Crippen MR) is 52.7 cm³/mol. The van der Waals surface area contributed by atoms with Gasteiger partial charge in [0.25, 0.3) is 0 Å². The summed E-state index contributed by atoms with van der Waals surface area (Å²) in [5, 5.41) is 0. The van der Waals surface area contributed by atoms with Crippen LogP contribution in [0.5, 0.6) is 11.5 Å². The van der Waals surface area contributed by atoms with Crippen molar-refractivity contribution in [3.63, 3.8) is 0 Å². The van der Waals surface area contributed by atoms with E-state index in [0.717, 1.165) is 0 Å². The molecule has 8 heteroatoms. The van der Waals surface area contributed by atoms with Gasteiger partial charge in [-0.05, 0) is 12.1 Å². The molecule has 0 saturated heterocycles. The highest BCUT2D eigenvalue weighted by atomic mass is 19.2. The summed E-state index contributed by atoms with van der Waals surface area (Å²) in [4.78, 5) is 0. The highest BCUT2D eigenvalue weighted by molar-refractivity contribution is 5.35. The molecule has 0 aliphatic carbocycles. The zero-order chi connectivity index (χ0) is 15.0. The maximum absolute atomic E-state index is 13.3. The fourth-order valence-corrected chi connectivity index (χ4v) is 1.34. The number of halogens is 7. The van der Waals surface area contributed by atoms with E-state index in [2.05, 4.69) is 4.74 Å². The highest BCUT2D eigenvalue weighted by Gasteiger charge is 2.28. The second-order valence-corrected chi connectivity index (χ2v) is 3.58. The van der Waals surface area contributed by atoms with Gasteiger partial charge in [-0.1, -0.05) is 0 Å². The van der Waals surface area contributed by atoms with Crippen molar-refractivity contribution in [1.82, 2.24) is 0 Å². The van der Waals surface area contributed by atoms with Crippen LogP contribution in [0.1, 0.15) is 0 Å². The lowest BCUT2D eigenvalue weighted by atomic mass is 10.2. The largest absolute Gasteiger partial charge is 0.448 e. The minimum Gasteiger partial charge on any atom is -0.448 e. The molecule has 20 heavy (non-hydrogen) atoms. The minimum absolute atomic E-state index is 0.321. The van der Waals surface area contributed by atoms with Crippen LogP contribution in [0.2, 0.25) is 0 Å². The number of hydrogen-bond donors (Lipinski definition) is 0. The molecule has 0 radical (unpaired) electrons. The van der Waals surface area contributed by atoms with Gasteiger partial charge in [-0.3, -0.25) is 0 Å². The van der Waals surface area contributed by atoms with Gasteiger partial charge in [-0.25, -0.2) is 22.0 Å². The molecule has 0 fully saturated rings. The van der Waals surface area contributed by atoms with Gasteiger partial charge in [0.15, 0.2) is 11.6 Å². The van der Waals surface area contributed by atoms with Crippen molar-refractivity contribution < 1.29 is 35.5 Å². The van der Waals surface area contributed by atoms with E-state index in [0.29, 0.717) is 18.2 Å². The zero-order valence-electron chi connectivity index (χ0n) is 9.29. The lowest BCUT2D eigenvalue weighted by Crippen LogP contribution is -2.04. The summed E-state index contributed by atoms with van der Waals surface area (Å²) in [7, 11) is 0. The smallest absolute Gasteiger partial charge is 0.207 e. The second kappa shape index (κ2) is 5.03. The molecule has 0 unspecified atom stereocenters. The van der Waals surface area contributed by atoms with E-state index in [1.807, 2.05) is 0 Å². The van der Waals surface area contributed by atoms with Crippen LogP contribution in [0.3, 0.4) is 0 Å². The van der Waals surface area contributed by atoms with Crippen molar-refractivity contribution in [1.29, 1.82) is 0 Å². The van der Waals surface area contributed by atoms with E-state index in [9.17, 15) is 30.7 Å². The lowest BCUT2D eigenvalue weighted by molar-refractivity contribution is 0.325. The maximum atomic E-state index is 13.3. The van der Waals surface area contributed by atoms with E-state index < -0.39 is 52.2 Å². The van der Waals surface area contributed by atoms with Crippen LogP contribution in [0.15, 0.2) is 18.2 Å². The molecule has 0 N–H and O–H groups in total. The first-order chi connectivity index (χ1) is 9.32. The summed E-state index contributed by atoms with van der Waals surface area (Å²) < 4.78 is 95.2. The van der Waals surface area contributed by atoms with E-state index in [1.54, 1.807) is 0 Å². The van der Waals surface area contributed by atoms with Crippen LogP contribution >= 0.6 is 0 Å². The molecule has 0 aliphatic heterocycles. The number of hydrogen-bond acceptors (Lipinski definition) is 1. The third-order valence-electron chi connectivity index (χ3n) is 2.28. The molecule has 0 heterocycles. The van der Waals surface area contributed by atoms with Gasteiger partial charge in [0.05, 0.1) is 0 Å². The van der Waals surface area contributed by atoms with Crippen molar-refractivity contribution in [2.45, 2.75) is 0 Å². The summed E-state index contributed by atoms with van der Waals surface area (Å²) in [6.45, 7) is 0. The Bertz CT molecular complexity index is 655. The normalized spacial score (nSPS) is 10.8. The SMILES string of the molecule is Fc1ccc(Oc2c(F)c(F)c(F)c(F)c2F)c(F)c1. The van der Waals surface area contributed by atoms with Gasteiger partial charge < -0.3 is 4.74 Å². The quantitative estimate of drug-likeness (QED) is 0.452. The summed E-state index contributed by atoms with van der Waals surface area (Å²) in [5.41, 5.74) is 0. The number of rotatable bonds is 2. The van der Waals surface area contributed by atoms with E-state index in [4.69, 9.17) is 0 Å². The lowest BCUT2D eigenvalue weighted by Gasteiger charge is -2.10. The second-order valence-electron chi connectivity index (χ2n) is 3.58. The Labute approximate surface area is 107 Å². The first kappa shape index (κ1) is 14.2. The average Bonchev–Trinajstić information content (AvgIpc) is 2.41. The van der Waals surface area contributed by atoms with Crippen LogP contribution < -0.4 is 4.74 Å². The molecule has 0 aromatic heterocycles. The molecule has 0 aliphatic rings. The van der Waals surface area contributed by atoms with Gasteiger partial charge in [-0.15, -0.1) is 0 Å². The Morgan fingerprint density at radius 1 is 0.650 bits per heavy atom. The Hall–Kier alpha value is -2.25. The monoisotopic (exact) mass is 296 g/mol. The van der Waals surface area contributed by atoms with E-state index in [-0.39, 0.29) is 0 Å². The van der Waals surface area contributed by atoms with Gasteiger partial charge in [-0.2, -0.15) is 8.78 Å². The van der Waals surface area contributed by atoms with Crippen LogP contribution in [0.25, 0.3) is 0 Å². The van der Waals surface area contributed by atoms with Crippen LogP contribution in [0, 0.1) is 40.7 Å². The Morgan fingerprint density at radius 3 is 1.65 bits per heavy atom. The molecule has 0 spiro atoms.